The standard InChI is InChI=1S/C20H22N2O3/c1-4-25-16-5-6-19-14(9-16)7-8-22(13-21)20(19)15-10-17(23-2)12-18(11-15)24-3/h5-6,9-12,20H,4,7-8H2,1-3H3. The van der Waals surface area contributed by atoms with Gasteiger partial charge in [0.2, 0.25) is 0 Å². The minimum atomic E-state index is -0.159. The van der Waals surface area contributed by atoms with Crippen molar-refractivity contribution in [1.82, 2.24) is 4.90 Å². The summed E-state index contributed by atoms with van der Waals surface area (Å²) in [6, 6.07) is 11.7. The van der Waals surface area contributed by atoms with Crippen molar-refractivity contribution in [3.05, 3.63) is 53.1 Å². The molecule has 0 saturated carbocycles. The molecule has 0 spiro atoms. The second-order valence-electron chi connectivity index (χ2n) is 5.89. The first-order valence-electron chi connectivity index (χ1n) is 8.35. The summed E-state index contributed by atoms with van der Waals surface area (Å²) in [6.45, 7) is 3.28. The topological polar surface area (TPSA) is 54.7 Å². The third kappa shape index (κ3) is 3.34. The number of ether oxygens (including phenoxy) is 3. The van der Waals surface area contributed by atoms with E-state index in [9.17, 15) is 5.26 Å². The highest BCUT2D eigenvalue weighted by molar-refractivity contribution is 5.48. The fourth-order valence-corrected chi connectivity index (χ4v) is 3.31. The van der Waals surface area contributed by atoms with Gasteiger partial charge in [-0.1, -0.05) is 6.07 Å². The third-order valence-corrected chi connectivity index (χ3v) is 4.47. The zero-order valence-electron chi connectivity index (χ0n) is 14.8. The summed E-state index contributed by atoms with van der Waals surface area (Å²) in [4.78, 5) is 1.80. The largest absolute Gasteiger partial charge is 0.497 e. The van der Waals surface area contributed by atoms with Crippen LogP contribution in [-0.2, 0) is 6.42 Å². The van der Waals surface area contributed by atoms with Crippen LogP contribution in [0.25, 0.3) is 0 Å². The molecule has 0 amide bonds. The Morgan fingerprint density at radius 2 is 1.80 bits per heavy atom. The average Bonchev–Trinajstić information content (AvgIpc) is 2.66. The van der Waals surface area contributed by atoms with Gasteiger partial charge in [0.15, 0.2) is 6.19 Å². The zero-order chi connectivity index (χ0) is 17.8. The number of nitriles is 1. The second-order valence-corrected chi connectivity index (χ2v) is 5.89. The van der Waals surface area contributed by atoms with Crippen molar-refractivity contribution in [3.8, 4) is 23.4 Å². The first-order valence-corrected chi connectivity index (χ1v) is 8.35. The fraction of sp³-hybridized carbons (Fsp3) is 0.350. The van der Waals surface area contributed by atoms with Gasteiger partial charge in [0.25, 0.3) is 0 Å². The molecule has 0 N–H and O–H groups in total. The molecule has 5 nitrogen and oxygen atoms in total. The van der Waals surface area contributed by atoms with Crippen LogP contribution < -0.4 is 14.2 Å². The molecule has 1 heterocycles. The molecule has 2 aromatic rings. The summed E-state index contributed by atoms with van der Waals surface area (Å²) >= 11 is 0. The van der Waals surface area contributed by atoms with Crippen molar-refractivity contribution in [2.45, 2.75) is 19.4 Å². The molecular formula is C20H22N2O3. The van der Waals surface area contributed by atoms with E-state index in [4.69, 9.17) is 14.2 Å². The molecule has 0 bridgehead atoms. The first kappa shape index (κ1) is 17.0. The predicted molar refractivity (Wildman–Crippen MR) is 95.0 cm³/mol. The van der Waals surface area contributed by atoms with Crippen molar-refractivity contribution >= 4 is 0 Å². The van der Waals surface area contributed by atoms with Gasteiger partial charge in [-0.25, -0.2) is 0 Å². The number of nitrogens with zero attached hydrogens (tertiary/aromatic N) is 2. The van der Waals surface area contributed by atoms with Gasteiger partial charge >= 0.3 is 0 Å². The lowest BCUT2D eigenvalue weighted by molar-refractivity contribution is 0.309. The summed E-state index contributed by atoms with van der Waals surface area (Å²) in [5.41, 5.74) is 3.30. The molecule has 1 aliphatic heterocycles. The van der Waals surface area contributed by atoms with E-state index in [2.05, 4.69) is 18.3 Å². The molecule has 0 saturated heterocycles. The normalized spacial score (nSPS) is 15.9. The molecule has 3 rings (SSSR count). The van der Waals surface area contributed by atoms with Crippen molar-refractivity contribution in [2.24, 2.45) is 0 Å². The van der Waals surface area contributed by atoms with E-state index >= 15 is 0 Å². The van der Waals surface area contributed by atoms with Gasteiger partial charge in [-0.2, -0.15) is 5.26 Å². The maximum absolute atomic E-state index is 9.63. The Hall–Kier alpha value is -2.87. The second kappa shape index (κ2) is 7.35. The van der Waals surface area contributed by atoms with Gasteiger partial charge in [-0.05, 0) is 54.3 Å². The van der Waals surface area contributed by atoms with Crippen LogP contribution in [0.1, 0.15) is 29.7 Å². The van der Waals surface area contributed by atoms with Crippen LogP contribution in [0, 0.1) is 11.5 Å². The van der Waals surface area contributed by atoms with E-state index in [0.29, 0.717) is 24.7 Å². The van der Waals surface area contributed by atoms with E-state index in [0.717, 1.165) is 23.3 Å². The smallest absolute Gasteiger partial charge is 0.180 e. The van der Waals surface area contributed by atoms with Crippen molar-refractivity contribution in [2.75, 3.05) is 27.4 Å². The molecule has 1 aliphatic rings. The van der Waals surface area contributed by atoms with Crippen LogP contribution in [0.15, 0.2) is 36.4 Å². The van der Waals surface area contributed by atoms with Gasteiger partial charge in [-0.15, -0.1) is 0 Å². The third-order valence-electron chi connectivity index (χ3n) is 4.47. The van der Waals surface area contributed by atoms with Crippen LogP contribution >= 0.6 is 0 Å². The Morgan fingerprint density at radius 1 is 1.08 bits per heavy atom. The molecule has 2 aromatic carbocycles. The number of hydrogen-bond acceptors (Lipinski definition) is 5. The SMILES string of the molecule is CCOc1ccc2c(c1)CCN(C#N)C2c1cc(OC)cc(OC)c1. The number of benzene rings is 2. The Balaban J connectivity index is 2.09. The van der Waals surface area contributed by atoms with Crippen LogP contribution in [0.2, 0.25) is 0 Å². The van der Waals surface area contributed by atoms with E-state index < -0.39 is 0 Å². The van der Waals surface area contributed by atoms with Crippen LogP contribution in [-0.4, -0.2) is 32.3 Å². The first-order chi connectivity index (χ1) is 12.2. The molecule has 0 aromatic heterocycles. The molecule has 0 aliphatic carbocycles. The molecule has 0 radical (unpaired) electrons. The van der Waals surface area contributed by atoms with E-state index in [-0.39, 0.29) is 6.04 Å². The predicted octanol–water partition coefficient (Wildman–Crippen LogP) is 3.53. The molecule has 1 unspecified atom stereocenters. The maximum atomic E-state index is 9.63. The van der Waals surface area contributed by atoms with Gasteiger partial charge in [0, 0.05) is 12.6 Å². The number of fused-ring (bicyclic) bond motifs is 1. The summed E-state index contributed by atoms with van der Waals surface area (Å²) in [5, 5.41) is 9.63. The quantitative estimate of drug-likeness (QED) is 0.781. The summed E-state index contributed by atoms with van der Waals surface area (Å²) in [5.74, 6) is 2.30. The molecule has 1 atom stereocenters. The summed E-state index contributed by atoms with van der Waals surface area (Å²) in [7, 11) is 3.26. The highest BCUT2D eigenvalue weighted by atomic mass is 16.5. The molecule has 0 fully saturated rings. The van der Waals surface area contributed by atoms with E-state index in [1.54, 1.807) is 19.1 Å². The maximum Gasteiger partial charge on any atom is 0.180 e. The van der Waals surface area contributed by atoms with Gasteiger partial charge < -0.3 is 14.2 Å². The highest BCUT2D eigenvalue weighted by Gasteiger charge is 2.29. The summed E-state index contributed by atoms with van der Waals surface area (Å²) in [6.07, 6.45) is 3.15. The van der Waals surface area contributed by atoms with E-state index in [1.807, 2.05) is 31.2 Å². The van der Waals surface area contributed by atoms with Gasteiger partial charge in [0.05, 0.1) is 26.9 Å². The van der Waals surface area contributed by atoms with Crippen molar-refractivity contribution in [1.29, 1.82) is 5.26 Å². The van der Waals surface area contributed by atoms with Gasteiger partial charge in [-0.3, -0.25) is 4.90 Å². The zero-order valence-corrected chi connectivity index (χ0v) is 14.8. The Kier molecular flexibility index (Phi) is 4.99. The minimum absolute atomic E-state index is 0.159. The Bertz CT molecular complexity index is 776. The van der Waals surface area contributed by atoms with E-state index in [1.165, 1.54) is 5.56 Å². The number of methoxy groups -OCH3 is 2. The fourth-order valence-electron chi connectivity index (χ4n) is 3.31. The molecule has 25 heavy (non-hydrogen) atoms. The highest BCUT2D eigenvalue weighted by Crippen LogP contribution is 2.39. The Labute approximate surface area is 148 Å². The number of hydrogen-bond donors (Lipinski definition) is 0. The Morgan fingerprint density at radius 3 is 2.40 bits per heavy atom. The van der Waals surface area contributed by atoms with Crippen molar-refractivity contribution in [3.63, 3.8) is 0 Å². The minimum Gasteiger partial charge on any atom is -0.497 e. The lowest BCUT2D eigenvalue weighted by Crippen LogP contribution is -2.32. The van der Waals surface area contributed by atoms with Crippen LogP contribution in [0.4, 0.5) is 0 Å². The number of rotatable bonds is 5. The van der Waals surface area contributed by atoms with Crippen LogP contribution in [0.3, 0.4) is 0 Å². The lowest BCUT2D eigenvalue weighted by atomic mass is 9.88. The summed E-state index contributed by atoms with van der Waals surface area (Å²) < 4.78 is 16.4. The van der Waals surface area contributed by atoms with Crippen molar-refractivity contribution < 1.29 is 14.2 Å². The monoisotopic (exact) mass is 338 g/mol. The molecule has 130 valence electrons. The lowest BCUT2D eigenvalue weighted by Gasteiger charge is -2.34. The van der Waals surface area contributed by atoms with Crippen LogP contribution in [0.5, 0.6) is 17.2 Å². The average molecular weight is 338 g/mol. The van der Waals surface area contributed by atoms with Gasteiger partial charge in [0.1, 0.15) is 17.2 Å². The molecular weight excluding hydrogens is 316 g/mol. The molecule has 5 heteroatoms.